The summed E-state index contributed by atoms with van der Waals surface area (Å²) in [6.07, 6.45) is 4.16. The lowest BCUT2D eigenvalue weighted by molar-refractivity contribution is 0.451. The van der Waals surface area contributed by atoms with E-state index in [2.05, 4.69) is 26.5 Å². The van der Waals surface area contributed by atoms with E-state index in [-0.39, 0.29) is 5.41 Å². The maximum absolute atomic E-state index is 3.22. The summed E-state index contributed by atoms with van der Waals surface area (Å²) in [5.74, 6) is 0. The van der Waals surface area contributed by atoms with Crippen LogP contribution in [0.1, 0.15) is 13.8 Å². The highest BCUT2D eigenvalue weighted by molar-refractivity contribution is 5.09. The summed E-state index contributed by atoms with van der Waals surface area (Å²) in [5, 5.41) is 0. The standard InChI is InChI=1S/C7H11N/c1-7(2)4-5-8(3)6-7/h4-5H,1-3H3. The van der Waals surface area contributed by atoms with Gasteiger partial charge in [0, 0.05) is 12.5 Å². The molecule has 0 saturated carbocycles. The van der Waals surface area contributed by atoms with Crippen LogP contribution in [-0.2, 0) is 0 Å². The second-order valence-electron chi connectivity index (χ2n) is 2.76. The van der Waals surface area contributed by atoms with Gasteiger partial charge in [0.25, 0.3) is 0 Å². The molecule has 0 amide bonds. The van der Waals surface area contributed by atoms with Crippen molar-refractivity contribution in [2.45, 2.75) is 13.8 Å². The summed E-state index contributed by atoms with van der Waals surface area (Å²) in [5.41, 5.74) is 0.161. The van der Waals surface area contributed by atoms with E-state index < -0.39 is 0 Å². The number of nitrogens with zero attached hydrogens (tertiary/aromatic N) is 1. The maximum atomic E-state index is 3.22. The van der Waals surface area contributed by atoms with Crippen LogP contribution in [0.3, 0.4) is 0 Å². The quantitative estimate of drug-likeness (QED) is 0.455. The van der Waals surface area contributed by atoms with E-state index >= 15 is 0 Å². The number of hydrogen-bond acceptors (Lipinski definition) is 1. The molecule has 0 aromatic carbocycles. The van der Waals surface area contributed by atoms with Gasteiger partial charge in [-0.3, -0.25) is 0 Å². The monoisotopic (exact) mass is 109 g/mol. The third-order valence-corrected chi connectivity index (χ3v) is 1.18. The van der Waals surface area contributed by atoms with Gasteiger partial charge in [0.2, 0.25) is 0 Å². The molecule has 1 aliphatic rings. The van der Waals surface area contributed by atoms with Gasteiger partial charge in [0.15, 0.2) is 0 Å². The average molecular weight is 109 g/mol. The molecule has 0 N–H and O–H groups in total. The zero-order chi connectivity index (χ0) is 6.20. The Balaban J connectivity index is 2.58. The first-order valence-electron chi connectivity index (χ1n) is 2.80. The predicted octanol–water partition coefficient (Wildman–Crippen LogP) is 1.51. The molecule has 0 aliphatic carbocycles. The summed E-state index contributed by atoms with van der Waals surface area (Å²) in [4.78, 5) is 1.96. The van der Waals surface area contributed by atoms with Crippen LogP contribution in [0.15, 0.2) is 12.3 Å². The Labute approximate surface area is 51.0 Å². The smallest absolute Gasteiger partial charge is 0.101 e. The highest BCUT2D eigenvalue weighted by Crippen LogP contribution is 2.27. The molecule has 0 saturated heterocycles. The van der Waals surface area contributed by atoms with Crippen molar-refractivity contribution in [3.8, 4) is 0 Å². The summed E-state index contributed by atoms with van der Waals surface area (Å²) < 4.78 is 0. The fourth-order valence-electron chi connectivity index (χ4n) is 0.827. The lowest BCUT2D eigenvalue weighted by atomic mass is 9.96. The summed E-state index contributed by atoms with van der Waals surface area (Å²) >= 11 is 0. The Kier molecular flexibility index (Phi) is 1.07. The second kappa shape index (κ2) is 1.51. The largest absolute Gasteiger partial charge is 0.369 e. The lowest BCUT2D eigenvalue weighted by Crippen LogP contribution is -2.11. The highest BCUT2D eigenvalue weighted by Gasteiger charge is 2.21. The van der Waals surface area contributed by atoms with Gasteiger partial charge in [0.1, 0.15) is 6.54 Å². The van der Waals surface area contributed by atoms with E-state index in [1.807, 2.05) is 18.1 Å². The maximum Gasteiger partial charge on any atom is 0.101 e. The lowest BCUT2D eigenvalue weighted by Gasteiger charge is -2.14. The molecule has 0 fully saturated rings. The van der Waals surface area contributed by atoms with E-state index in [1.165, 1.54) is 0 Å². The molecular formula is C7H11N. The molecule has 0 atom stereocenters. The van der Waals surface area contributed by atoms with Crippen molar-refractivity contribution >= 4 is 0 Å². The molecule has 0 aromatic rings. The van der Waals surface area contributed by atoms with Crippen molar-refractivity contribution in [2.75, 3.05) is 7.05 Å². The van der Waals surface area contributed by atoms with Crippen molar-refractivity contribution in [3.05, 3.63) is 18.8 Å². The fourth-order valence-corrected chi connectivity index (χ4v) is 0.827. The van der Waals surface area contributed by atoms with Gasteiger partial charge in [0.05, 0.1) is 0 Å². The molecule has 0 spiro atoms. The Morgan fingerprint density at radius 3 is 2.25 bits per heavy atom. The van der Waals surface area contributed by atoms with E-state index in [0.29, 0.717) is 0 Å². The van der Waals surface area contributed by atoms with Crippen LogP contribution in [0, 0.1) is 12.0 Å². The summed E-state index contributed by atoms with van der Waals surface area (Å²) in [6, 6.07) is 0. The van der Waals surface area contributed by atoms with Gasteiger partial charge in [-0.2, -0.15) is 0 Å². The van der Waals surface area contributed by atoms with E-state index in [0.717, 1.165) is 0 Å². The summed E-state index contributed by atoms with van der Waals surface area (Å²) in [7, 11) is 1.99. The second-order valence-corrected chi connectivity index (χ2v) is 2.76. The van der Waals surface area contributed by atoms with Gasteiger partial charge in [-0.05, 0) is 6.20 Å². The average Bonchev–Trinajstić information content (AvgIpc) is 1.82. The van der Waals surface area contributed by atoms with Gasteiger partial charge in [-0.25, -0.2) is 0 Å². The van der Waals surface area contributed by atoms with Crippen molar-refractivity contribution in [3.63, 3.8) is 0 Å². The molecule has 1 heteroatoms. The molecule has 1 rings (SSSR count). The number of hydrogen-bond donors (Lipinski definition) is 0. The highest BCUT2D eigenvalue weighted by atomic mass is 15.1. The Hall–Kier alpha value is -0.460. The van der Waals surface area contributed by atoms with Crippen LogP contribution in [0.25, 0.3) is 0 Å². The molecule has 1 aliphatic heterocycles. The van der Waals surface area contributed by atoms with Gasteiger partial charge >= 0.3 is 0 Å². The molecule has 8 heavy (non-hydrogen) atoms. The third-order valence-electron chi connectivity index (χ3n) is 1.18. The molecule has 0 aromatic heterocycles. The topological polar surface area (TPSA) is 3.24 Å². The van der Waals surface area contributed by atoms with Crippen molar-refractivity contribution in [1.82, 2.24) is 4.90 Å². The van der Waals surface area contributed by atoms with Crippen molar-refractivity contribution < 1.29 is 0 Å². The van der Waals surface area contributed by atoms with Crippen LogP contribution in [0.5, 0.6) is 0 Å². The molecule has 1 heterocycles. The molecule has 1 nitrogen and oxygen atoms in total. The molecule has 44 valence electrons. The Morgan fingerprint density at radius 2 is 2.12 bits per heavy atom. The van der Waals surface area contributed by atoms with E-state index in [9.17, 15) is 0 Å². The molecule has 0 unspecified atom stereocenters. The van der Waals surface area contributed by atoms with Crippen LogP contribution >= 0.6 is 0 Å². The molecule has 2 radical (unpaired) electrons. The Bertz CT molecular complexity index is 114. The third kappa shape index (κ3) is 1.03. The minimum Gasteiger partial charge on any atom is -0.369 e. The number of rotatable bonds is 0. The molecular weight excluding hydrogens is 98.1 g/mol. The van der Waals surface area contributed by atoms with Crippen LogP contribution in [0.2, 0.25) is 0 Å². The zero-order valence-corrected chi connectivity index (χ0v) is 5.60. The first-order valence-corrected chi connectivity index (χ1v) is 2.80. The first-order chi connectivity index (χ1) is 3.60. The van der Waals surface area contributed by atoms with Crippen molar-refractivity contribution in [1.29, 1.82) is 0 Å². The SMILES string of the molecule is CN1[C]C(C)(C)C=C1. The molecule has 0 bridgehead atoms. The van der Waals surface area contributed by atoms with Gasteiger partial charge in [-0.1, -0.05) is 19.9 Å². The summed E-state index contributed by atoms with van der Waals surface area (Å²) in [6.45, 7) is 7.48. The van der Waals surface area contributed by atoms with Crippen LogP contribution in [-0.4, -0.2) is 11.9 Å². The Morgan fingerprint density at radius 1 is 1.50 bits per heavy atom. The van der Waals surface area contributed by atoms with E-state index in [4.69, 9.17) is 0 Å². The van der Waals surface area contributed by atoms with Gasteiger partial charge in [-0.15, -0.1) is 0 Å². The minimum absolute atomic E-state index is 0.161. The fraction of sp³-hybridized carbons (Fsp3) is 0.571. The van der Waals surface area contributed by atoms with Crippen LogP contribution < -0.4 is 0 Å². The minimum atomic E-state index is 0.161. The normalized spacial score (nSPS) is 24.6. The van der Waals surface area contributed by atoms with E-state index in [1.54, 1.807) is 0 Å². The first kappa shape index (κ1) is 5.67. The van der Waals surface area contributed by atoms with Crippen molar-refractivity contribution in [2.24, 2.45) is 5.41 Å². The van der Waals surface area contributed by atoms with Gasteiger partial charge < -0.3 is 4.90 Å². The zero-order valence-electron chi connectivity index (χ0n) is 5.60. The predicted molar refractivity (Wildman–Crippen MR) is 33.9 cm³/mol. The van der Waals surface area contributed by atoms with Crippen LogP contribution in [0.4, 0.5) is 0 Å².